The molecule has 2 heterocycles. The second-order valence-electron chi connectivity index (χ2n) is 5.34. The van der Waals surface area contributed by atoms with Crippen molar-refractivity contribution in [2.45, 2.75) is 19.4 Å². The van der Waals surface area contributed by atoms with Crippen LogP contribution in [0.5, 0.6) is 0 Å². The Hall–Kier alpha value is -2.05. The van der Waals surface area contributed by atoms with Crippen molar-refractivity contribution in [3.8, 4) is 0 Å². The molecule has 1 aromatic rings. The maximum absolute atomic E-state index is 12.4. The molecule has 1 aliphatic heterocycles. The fourth-order valence-electron chi connectivity index (χ4n) is 2.60. The van der Waals surface area contributed by atoms with E-state index in [1.807, 2.05) is 13.2 Å². The van der Waals surface area contributed by atoms with Gasteiger partial charge in [-0.3, -0.25) is 9.48 Å². The van der Waals surface area contributed by atoms with Crippen LogP contribution in [0, 0.1) is 5.92 Å². The van der Waals surface area contributed by atoms with Gasteiger partial charge in [0.25, 0.3) is 0 Å². The summed E-state index contributed by atoms with van der Waals surface area (Å²) in [5, 5.41) is 4.09. The average molecular weight is 279 g/mol. The summed E-state index contributed by atoms with van der Waals surface area (Å²) >= 11 is 0. The molecule has 0 saturated carbocycles. The number of carbonyl (C=O) groups excluding carboxylic acids is 2. The summed E-state index contributed by atoms with van der Waals surface area (Å²) < 4.78 is 1.71. The highest BCUT2D eigenvalue weighted by Gasteiger charge is 2.29. The van der Waals surface area contributed by atoms with Gasteiger partial charge in [0.05, 0.1) is 12.1 Å². The zero-order chi connectivity index (χ0) is 14.7. The minimum atomic E-state index is -0.447. The van der Waals surface area contributed by atoms with Crippen LogP contribution in [-0.2, 0) is 18.4 Å². The minimum absolute atomic E-state index is 0.0554. The van der Waals surface area contributed by atoms with E-state index in [0.29, 0.717) is 19.6 Å². The molecule has 0 aliphatic carbocycles. The second-order valence-corrected chi connectivity index (χ2v) is 5.34. The summed E-state index contributed by atoms with van der Waals surface area (Å²) in [5.74, 6) is -0.0993. The number of nitrogens with zero attached hydrogens (tertiary/aromatic N) is 4. The van der Waals surface area contributed by atoms with Crippen LogP contribution in [0.3, 0.4) is 0 Å². The van der Waals surface area contributed by atoms with E-state index < -0.39 is 6.03 Å². The first-order chi connectivity index (χ1) is 9.47. The summed E-state index contributed by atoms with van der Waals surface area (Å²) in [7, 11) is 3.62. The first kappa shape index (κ1) is 14.4. The molecule has 7 nitrogen and oxygen atoms in total. The topological polar surface area (TPSA) is 84.5 Å². The number of carbonyl (C=O) groups is 2. The Balaban J connectivity index is 1.94. The number of rotatable bonds is 3. The maximum atomic E-state index is 12.4. The Morgan fingerprint density at radius 1 is 1.55 bits per heavy atom. The van der Waals surface area contributed by atoms with Gasteiger partial charge in [-0.2, -0.15) is 5.10 Å². The third kappa shape index (κ3) is 3.28. The number of nitrogens with two attached hydrogens (primary N) is 1. The SMILES string of the molecule is CN(Cc1cnn(C)c1)C(=O)C1CCCN(C(N)=O)C1. The number of likely N-dealkylation sites (tertiary alicyclic amines) is 1. The van der Waals surface area contributed by atoms with Crippen LogP contribution in [0.2, 0.25) is 0 Å². The van der Waals surface area contributed by atoms with Gasteiger partial charge in [-0.25, -0.2) is 4.79 Å². The first-order valence-corrected chi connectivity index (χ1v) is 6.74. The average Bonchev–Trinajstić information content (AvgIpc) is 2.83. The van der Waals surface area contributed by atoms with Gasteiger partial charge < -0.3 is 15.5 Å². The monoisotopic (exact) mass is 279 g/mol. The number of aryl methyl sites for hydroxylation is 1. The van der Waals surface area contributed by atoms with Crippen LogP contribution >= 0.6 is 0 Å². The van der Waals surface area contributed by atoms with Gasteiger partial charge in [-0.15, -0.1) is 0 Å². The molecule has 0 bridgehead atoms. The third-order valence-corrected chi connectivity index (χ3v) is 3.64. The Labute approximate surface area is 118 Å². The summed E-state index contributed by atoms with van der Waals surface area (Å²) in [4.78, 5) is 26.8. The molecule has 1 atom stereocenters. The Bertz CT molecular complexity index is 499. The van der Waals surface area contributed by atoms with E-state index in [1.165, 1.54) is 0 Å². The van der Waals surface area contributed by atoms with Crippen LogP contribution < -0.4 is 5.73 Å². The highest BCUT2D eigenvalue weighted by Crippen LogP contribution is 2.19. The number of hydrogen-bond donors (Lipinski definition) is 1. The van der Waals surface area contributed by atoms with Gasteiger partial charge >= 0.3 is 6.03 Å². The number of hydrogen-bond acceptors (Lipinski definition) is 3. The molecule has 1 unspecified atom stereocenters. The number of amides is 3. The normalized spacial score (nSPS) is 18.9. The van der Waals surface area contributed by atoms with Gasteiger partial charge in [-0.1, -0.05) is 0 Å². The molecule has 20 heavy (non-hydrogen) atoms. The number of aromatic nitrogens is 2. The van der Waals surface area contributed by atoms with E-state index in [0.717, 1.165) is 18.4 Å². The molecule has 0 aromatic carbocycles. The Kier molecular flexibility index (Phi) is 4.26. The van der Waals surface area contributed by atoms with E-state index in [2.05, 4.69) is 5.10 Å². The van der Waals surface area contributed by atoms with E-state index in [4.69, 9.17) is 5.73 Å². The van der Waals surface area contributed by atoms with Crippen LogP contribution in [-0.4, -0.2) is 51.7 Å². The molecule has 0 radical (unpaired) electrons. The fraction of sp³-hybridized carbons (Fsp3) is 0.615. The van der Waals surface area contributed by atoms with Crippen molar-refractivity contribution in [3.05, 3.63) is 18.0 Å². The van der Waals surface area contributed by atoms with E-state index in [-0.39, 0.29) is 11.8 Å². The van der Waals surface area contributed by atoms with Crippen molar-refractivity contribution in [2.75, 3.05) is 20.1 Å². The van der Waals surface area contributed by atoms with E-state index in [9.17, 15) is 9.59 Å². The molecule has 3 amide bonds. The predicted octanol–water partition coefficient (Wildman–Crippen LogP) is 0.169. The van der Waals surface area contributed by atoms with Crippen molar-refractivity contribution in [1.82, 2.24) is 19.6 Å². The van der Waals surface area contributed by atoms with Gasteiger partial charge in [0, 0.05) is 45.5 Å². The standard InChI is InChI=1S/C13H21N5O2/c1-16(7-10-6-15-17(2)8-10)12(19)11-4-3-5-18(9-11)13(14)20/h6,8,11H,3-5,7,9H2,1-2H3,(H2,14,20). The highest BCUT2D eigenvalue weighted by molar-refractivity contribution is 5.80. The molecular formula is C13H21N5O2. The smallest absolute Gasteiger partial charge is 0.314 e. The molecular weight excluding hydrogens is 258 g/mol. The largest absolute Gasteiger partial charge is 0.351 e. The Morgan fingerprint density at radius 3 is 2.90 bits per heavy atom. The van der Waals surface area contributed by atoms with Crippen LogP contribution in [0.15, 0.2) is 12.4 Å². The highest BCUT2D eigenvalue weighted by atomic mass is 16.2. The number of piperidine rings is 1. The van der Waals surface area contributed by atoms with Crippen molar-refractivity contribution >= 4 is 11.9 Å². The molecule has 2 rings (SSSR count). The second kappa shape index (κ2) is 5.94. The number of urea groups is 1. The summed E-state index contributed by atoms with van der Waals surface area (Å²) in [6, 6.07) is -0.447. The summed E-state index contributed by atoms with van der Waals surface area (Å²) in [5.41, 5.74) is 6.27. The molecule has 1 aliphatic rings. The van der Waals surface area contributed by atoms with Crippen molar-refractivity contribution in [3.63, 3.8) is 0 Å². The molecule has 1 saturated heterocycles. The lowest BCUT2D eigenvalue weighted by atomic mass is 9.97. The fourth-order valence-corrected chi connectivity index (χ4v) is 2.60. The van der Waals surface area contributed by atoms with Crippen molar-refractivity contribution < 1.29 is 9.59 Å². The zero-order valence-corrected chi connectivity index (χ0v) is 12.0. The lowest BCUT2D eigenvalue weighted by Gasteiger charge is -2.32. The van der Waals surface area contributed by atoms with Gasteiger partial charge in [-0.05, 0) is 12.8 Å². The zero-order valence-electron chi connectivity index (χ0n) is 12.0. The van der Waals surface area contributed by atoms with E-state index >= 15 is 0 Å². The minimum Gasteiger partial charge on any atom is -0.351 e. The molecule has 2 N–H and O–H groups in total. The number of primary amides is 1. The van der Waals surface area contributed by atoms with Gasteiger partial charge in [0.1, 0.15) is 0 Å². The molecule has 1 fully saturated rings. The first-order valence-electron chi connectivity index (χ1n) is 6.74. The lowest BCUT2D eigenvalue weighted by Crippen LogP contribution is -2.47. The van der Waals surface area contributed by atoms with Crippen LogP contribution in [0.4, 0.5) is 4.79 Å². The van der Waals surface area contributed by atoms with Crippen LogP contribution in [0.1, 0.15) is 18.4 Å². The lowest BCUT2D eigenvalue weighted by molar-refractivity contribution is -0.136. The van der Waals surface area contributed by atoms with Crippen molar-refractivity contribution in [1.29, 1.82) is 0 Å². The quantitative estimate of drug-likeness (QED) is 0.856. The maximum Gasteiger partial charge on any atom is 0.314 e. The summed E-state index contributed by atoms with van der Waals surface area (Å²) in [6.07, 6.45) is 5.26. The van der Waals surface area contributed by atoms with Crippen LogP contribution in [0.25, 0.3) is 0 Å². The van der Waals surface area contributed by atoms with E-state index in [1.54, 1.807) is 27.7 Å². The van der Waals surface area contributed by atoms with Crippen molar-refractivity contribution in [2.24, 2.45) is 18.7 Å². The molecule has 7 heteroatoms. The Morgan fingerprint density at radius 2 is 2.30 bits per heavy atom. The van der Waals surface area contributed by atoms with Gasteiger partial charge in [0.2, 0.25) is 5.91 Å². The molecule has 1 aromatic heterocycles. The third-order valence-electron chi connectivity index (χ3n) is 3.64. The molecule has 110 valence electrons. The van der Waals surface area contributed by atoms with Gasteiger partial charge in [0.15, 0.2) is 0 Å². The molecule has 0 spiro atoms. The predicted molar refractivity (Wildman–Crippen MR) is 73.6 cm³/mol. The summed E-state index contributed by atoms with van der Waals surface area (Å²) in [6.45, 7) is 1.59.